The summed E-state index contributed by atoms with van der Waals surface area (Å²) in [7, 11) is 0. The number of nitrogens with zero attached hydrogens (tertiary/aromatic N) is 1. The van der Waals surface area contributed by atoms with Crippen LogP contribution in [-0.2, 0) is 5.66 Å². The zero-order chi connectivity index (χ0) is 15.9. The number of hydrogen-bond acceptors (Lipinski definition) is 2. The summed E-state index contributed by atoms with van der Waals surface area (Å²) < 4.78 is 1.94. The van der Waals surface area contributed by atoms with Gasteiger partial charge in [-0.15, -0.1) is 0 Å². The minimum absolute atomic E-state index is 0.688. The lowest BCUT2D eigenvalue weighted by Crippen LogP contribution is -2.52. The normalized spacial score (nSPS) is 15.7. The molecule has 0 aliphatic heterocycles. The predicted molar refractivity (Wildman–Crippen MR) is 91.1 cm³/mol. The van der Waals surface area contributed by atoms with E-state index in [0.717, 1.165) is 22.0 Å². The van der Waals surface area contributed by atoms with Crippen LogP contribution in [0.5, 0.6) is 0 Å². The number of rotatable bonds is 3. The number of aliphatic hydroxyl groups is 1. The number of nitrogens with two attached hydrogens (primary N) is 1. The monoisotopic (exact) mass is 314 g/mol. The number of fused-ring (bicyclic) bond motifs is 1. The lowest BCUT2D eigenvalue weighted by molar-refractivity contribution is 0.0825. The van der Waals surface area contributed by atoms with Crippen molar-refractivity contribution in [3.05, 3.63) is 70.9 Å². The van der Waals surface area contributed by atoms with Gasteiger partial charge in [0.25, 0.3) is 0 Å². The number of aromatic nitrogens is 1. The van der Waals surface area contributed by atoms with Crippen molar-refractivity contribution in [2.75, 3.05) is 0 Å². The summed E-state index contributed by atoms with van der Waals surface area (Å²) in [6.07, 6.45) is 1.21. The minimum atomic E-state index is -1.04. The molecule has 0 fully saturated rings. The molecule has 3 nitrogen and oxygen atoms in total. The molecule has 3 aromatic rings. The number of aryl methyl sites for hydroxylation is 1. The molecule has 3 rings (SSSR count). The van der Waals surface area contributed by atoms with E-state index in [-0.39, 0.29) is 0 Å². The summed E-state index contributed by atoms with van der Waals surface area (Å²) in [5.74, 6) is 0. The number of halogens is 1. The highest BCUT2D eigenvalue weighted by Crippen LogP contribution is 2.32. The van der Waals surface area contributed by atoms with Crippen LogP contribution in [-0.4, -0.2) is 15.8 Å². The third-order valence-electron chi connectivity index (χ3n) is 4.24. The van der Waals surface area contributed by atoms with Crippen LogP contribution in [0.25, 0.3) is 10.9 Å². The van der Waals surface area contributed by atoms with E-state index in [0.29, 0.717) is 5.02 Å². The lowest BCUT2D eigenvalue weighted by atomic mass is 9.94. The minimum Gasteiger partial charge on any atom is -0.389 e. The molecular weight excluding hydrogens is 296 g/mol. The summed E-state index contributed by atoms with van der Waals surface area (Å²) in [5, 5.41) is 12.2. The highest BCUT2D eigenvalue weighted by Gasteiger charge is 2.36. The first kappa shape index (κ1) is 15.1. The second kappa shape index (κ2) is 5.43. The molecule has 4 heteroatoms. The van der Waals surface area contributed by atoms with Crippen molar-refractivity contribution < 1.29 is 5.11 Å². The number of aliphatic hydroxyl groups excluding tert-OH is 1. The summed E-state index contributed by atoms with van der Waals surface area (Å²) in [6, 6.07) is 15.4. The molecule has 2 unspecified atom stereocenters. The average Bonchev–Trinajstić information content (AvgIpc) is 2.84. The van der Waals surface area contributed by atoms with E-state index >= 15 is 0 Å². The Bertz CT molecular complexity index is 811. The Kier molecular flexibility index (Phi) is 3.73. The van der Waals surface area contributed by atoms with Crippen LogP contribution in [0.4, 0.5) is 0 Å². The van der Waals surface area contributed by atoms with Gasteiger partial charge in [-0.2, -0.15) is 0 Å². The maximum atomic E-state index is 10.4. The molecule has 0 aliphatic rings. The van der Waals surface area contributed by atoms with Crippen LogP contribution in [0.2, 0.25) is 5.02 Å². The molecule has 0 spiro atoms. The third kappa shape index (κ3) is 2.22. The van der Waals surface area contributed by atoms with Crippen molar-refractivity contribution in [1.82, 2.24) is 4.57 Å². The molecule has 2 atom stereocenters. The number of hydrogen-bond donors (Lipinski definition) is 2. The molecule has 114 valence electrons. The van der Waals surface area contributed by atoms with Gasteiger partial charge in [0.05, 0.1) is 11.6 Å². The maximum absolute atomic E-state index is 10.4. The first-order chi connectivity index (χ1) is 10.4. The fraction of sp³-hybridized carbons (Fsp3) is 0.222. The molecule has 0 aliphatic carbocycles. The van der Waals surface area contributed by atoms with Gasteiger partial charge in [-0.3, -0.25) is 0 Å². The van der Waals surface area contributed by atoms with E-state index < -0.39 is 11.8 Å². The van der Waals surface area contributed by atoms with E-state index in [1.165, 1.54) is 0 Å². The quantitative estimate of drug-likeness (QED) is 0.775. The van der Waals surface area contributed by atoms with Gasteiger partial charge in [0.1, 0.15) is 5.66 Å². The van der Waals surface area contributed by atoms with Gasteiger partial charge in [-0.25, -0.2) is 0 Å². The van der Waals surface area contributed by atoms with Crippen molar-refractivity contribution in [2.45, 2.75) is 25.6 Å². The Hall–Kier alpha value is -1.81. The molecular formula is C18H19ClN2O. The Morgan fingerprint density at radius 3 is 2.50 bits per heavy atom. The van der Waals surface area contributed by atoms with Gasteiger partial charge >= 0.3 is 0 Å². The largest absolute Gasteiger partial charge is 0.389 e. The molecule has 3 N–H and O–H groups in total. The molecule has 0 saturated carbocycles. The second-order valence-electron chi connectivity index (χ2n) is 5.71. The van der Waals surface area contributed by atoms with E-state index in [4.69, 9.17) is 17.3 Å². The van der Waals surface area contributed by atoms with Crippen molar-refractivity contribution in [2.24, 2.45) is 5.73 Å². The van der Waals surface area contributed by atoms with Crippen molar-refractivity contribution in [3.63, 3.8) is 0 Å². The first-order valence-corrected chi connectivity index (χ1v) is 7.62. The zero-order valence-corrected chi connectivity index (χ0v) is 13.4. The molecule has 1 aromatic heterocycles. The summed E-state index contributed by atoms with van der Waals surface area (Å²) >= 11 is 6.10. The van der Waals surface area contributed by atoms with Crippen molar-refractivity contribution >= 4 is 22.5 Å². The van der Waals surface area contributed by atoms with Gasteiger partial charge in [-0.05, 0) is 43.2 Å². The lowest BCUT2D eigenvalue weighted by Gasteiger charge is -2.35. The Morgan fingerprint density at radius 2 is 1.86 bits per heavy atom. The molecule has 1 heterocycles. The van der Waals surface area contributed by atoms with Crippen LogP contribution >= 0.6 is 11.6 Å². The zero-order valence-electron chi connectivity index (χ0n) is 12.6. The fourth-order valence-electron chi connectivity index (χ4n) is 2.96. The van der Waals surface area contributed by atoms with Gasteiger partial charge in [-0.1, -0.05) is 41.9 Å². The topological polar surface area (TPSA) is 51.2 Å². The van der Waals surface area contributed by atoms with Crippen LogP contribution in [0, 0.1) is 6.92 Å². The molecule has 0 radical (unpaired) electrons. The highest BCUT2D eigenvalue weighted by molar-refractivity contribution is 6.31. The van der Waals surface area contributed by atoms with Gasteiger partial charge in [0.2, 0.25) is 0 Å². The third-order valence-corrected chi connectivity index (χ3v) is 4.47. The summed E-state index contributed by atoms with van der Waals surface area (Å²) in [6.45, 7) is 3.73. The highest BCUT2D eigenvalue weighted by atomic mass is 35.5. The Labute approximate surface area is 134 Å². The van der Waals surface area contributed by atoms with E-state index in [9.17, 15) is 5.11 Å². The summed E-state index contributed by atoms with van der Waals surface area (Å²) in [5.41, 5.74) is 8.52. The summed E-state index contributed by atoms with van der Waals surface area (Å²) in [4.78, 5) is 0. The fourth-order valence-corrected chi connectivity index (χ4v) is 3.13. The van der Waals surface area contributed by atoms with Gasteiger partial charge < -0.3 is 15.4 Å². The number of benzene rings is 2. The first-order valence-electron chi connectivity index (χ1n) is 7.24. The SMILES string of the molecule is Cc1cn(C(N)(c2ccccc2)C(C)O)c2ccc(Cl)cc12. The van der Waals surface area contributed by atoms with E-state index in [1.54, 1.807) is 6.92 Å². The van der Waals surface area contributed by atoms with Crippen LogP contribution in [0.15, 0.2) is 54.7 Å². The van der Waals surface area contributed by atoms with Crippen LogP contribution < -0.4 is 5.73 Å². The van der Waals surface area contributed by atoms with Gasteiger partial charge in [0, 0.05) is 16.6 Å². The van der Waals surface area contributed by atoms with Gasteiger partial charge in [0.15, 0.2) is 0 Å². The second-order valence-corrected chi connectivity index (χ2v) is 6.15. The smallest absolute Gasteiger partial charge is 0.145 e. The van der Waals surface area contributed by atoms with E-state index in [1.807, 2.05) is 66.2 Å². The molecule has 22 heavy (non-hydrogen) atoms. The van der Waals surface area contributed by atoms with Crippen LogP contribution in [0.1, 0.15) is 18.1 Å². The van der Waals surface area contributed by atoms with Crippen molar-refractivity contribution in [3.8, 4) is 0 Å². The molecule has 0 saturated heterocycles. The molecule has 0 amide bonds. The van der Waals surface area contributed by atoms with Crippen LogP contribution in [0.3, 0.4) is 0 Å². The molecule has 0 bridgehead atoms. The Morgan fingerprint density at radius 1 is 1.18 bits per heavy atom. The van der Waals surface area contributed by atoms with E-state index in [2.05, 4.69) is 0 Å². The standard InChI is InChI=1S/C18H19ClN2O/c1-12-11-21(17-9-8-15(19)10-16(12)17)18(20,13(2)22)14-6-4-3-5-7-14/h3-11,13,22H,20H2,1-2H3. The maximum Gasteiger partial charge on any atom is 0.145 e. The predicted octanol–water partition coefficient (Wildman–Crippen LogP) is 3.64. The molecule has 2 aromatic carbocycles. The van der Waals surface area contributed by atoms with Crippen molar-refractivity contribution in [1.29, 1.82) is 0 Å². The Balaban J connectivity index is 2.31. The average molecular weight is 315 g/mol.